The lowest BCUT2D eigenvalue weighted by atomic mass is 10.0. The number of para-hydroxylation sites is 1. The first-order valence-electron chi connectivity index (χ1n) is 8.09. The fourth-order valence-corrected chi connectivity index (χ4v) is 2.91. The fourth-order valence-electron chi connectivity index (χ4n) is 2.91. The minimum Gasteiger partial charge on any atom is -0.481 e. The van der Waals surface area contributed by atoms with Crippen molar-refractivity contribution >= 4 is 17.6 Å². The Morgan fingerprint density at radius 2 is 1.88 bits per heavy atom. The Bertz CT molecular complexity index is 750. The molecule has 1 aromatic heterocycles. The Balaban J connectivity index is 2.19. The zero-order chi connectivity index (χ0) is 17.7. The highest BCUT2D eigenvalue weighted by molar-refractivity contribution is 5.93. The predicted octanol–water partition coefficient (Wildman–Crippen LogP) is 2.35. The summed E-state index contributed by atoms with van der Waals surface area (Å²) >= 11 is 0. The zero-order valence-electron chi connectivity index (χ0n) is 14.3. The van der Waals surface area contributed by atoms with Crippen LogP contribution in [0.5, 0.6) is 0 Å². The van der Waals surface area contributed by atoms with Crippen LogP contribution < -0.4 is 5.32 Å². The van der Waals surface area contributed by atoms with Crippen LogP contribution in [0.1, 0.15) is 36.4 Å². The van der Waals surface area contributed by atoms with Crippen LogP contribution in [0.25, 0.3) is 0 Å². The second-order valence-electron chi connectivity index (χ2n) is 5.66. The van der Waals surface area contributed by atoms with Gasteiger partial charge in [-0.05, 0) is 24.5 Å². The number of aromatic nitrogens is 2. The number of carbonyl (C=O) groups is 2. The number of carbonyl (C=O) groups excluding carboxylic acids is 1. The SMILES string of the molecule is CCc1nn(C)c(CC)c1CC(=O)Nc1ccccc1CC(=O)O. The van der Waals surface area contributed by atoms with E-state index in [9.17, 15) is 9.59 Å². The van der Waals surface area contributed by atoms with Crippen molar-refractivity contribution < 1.29 is 14.7 Å². The normalized spacial score (nSPS) is 10.6. The van der Waals surface area contributed by atoms with E-state index < -0.39 is 5.97 Å². The number of nitrogens with one attached hydrogen (secondary N) is 1. The Morgan fingerprint density at radius 3 is 2.50 bits per heavy atom. The molecule has 0 bridgehead atoms. The summed E-state index contributed by atoms with van der Waals surface area (Å²) in [5, 5.41) is 16.3. The molecule has 0 saturated heterocycles. The molecule has 0 saturated carbocycles. The van der Waals surface area contributed by atoms with Crippen molar-refractivity contribution in [2.24, 2.45) is 7.05 Å². The molecule has 2 aromatic rings. The fraction of sp³-hybridized carbons (Fsp3) is 0.389. The number of rotatable bonds is 7. The molecule has 0 aliphatic carbocycles. The topological polar surface area (TPSA) is 84.2 Å². The highest BCUT2D eigenvalue weighted by Gasteiger charge is 2.17. The van der Waals surface area contributed by atoms with Gasteiger partial charge in [-0.15, -0.1) is 0 Å². The van der Waals surface area contributed by atoms with Crippen LogP contribution in [0.15, 0.2) is 24.3 Å². The molecule has 0 spiro atoms. The summed E-state index contributed by atoms with van der Waals surface area (Å²) in [6, 6.07) is 6.98. The van der Waals surface area contributed by atoms with Crippen LogP contribution >= 0.6 is 0 Å². The third kappa shape index (κ3) is 4.01. The second-order valence-corrected chi connectivity index (χ2v) is 5.66. The average Bonchev–Trinajstić information content (AvgIpc) is 2.83. The van der Waals surface area contributed by atoms with Crippen LogP contribution in [-0.4, -0.2) is 26.8 Å². The summed E-state index contributed by atoms with van der Waals surface area (Å²) in [5.41, 5.74) is 4.10. The van der Waals surface area contributed by atoms with Gasteiger partial charge in [0, 0.05) is 24.0 Å². The molecule has 1 amide bonds. The standard InChI is InChI=1S/C18H23N3O3/c1-4-14-13(16(5-2)21(3)20-14)11-17(22)19-15-9-7-6-8-12(15)10-18(23)24/h6-9H,4-5,10-11H2,1-3H3,(H,19,22)(H,23,24). The molecule has 0 radical (unpaired) electrons. The van der Waals surface area contributed by atoms with Crippen LogP contribution in [0.4, 0.5) is 5.69 Å². The molecule has 6 nitrogen and oxygen atoms in total. The Labute approximate surface area is 141 Å². The molecule has 1 heterocycles. The van der Waals surface area contributed by atoms with E-state index in [-0.39, 0.29) is 18.7 Å². The molecular weight excluding hydrogens is 306 g/mol. The van der Waals surface area contributed by atoms with Gasteiger partial charge in [0.1, 0.15) is 0 Å². The van der Waals surface area contributed by atoms with E-state index in [4.69, 9.17) is 5.11 Å². The van der Waals surface area contributed by atoms with Crippen molar-refractivity contribution in [1.82, 2.24) is 9.78 Å². The smallest absolute Gasteiger partial charge is 0.307 e. The molecule has 0 unspecified atom stereocenters. The van der Waals surface area contributed by atoms with Crippen LogP contribution in [0.2, 0.25) is 0 Å². The lowest BCUT2D eigenvalue weighted by Crippen LogP contribution is -2.17. The van der Waals surface area contributed by atoms with Crippen LogP contribution in [0, 0.1) is 0 Å². The second kappa shape index (κ2) is 7.77. The number of benzene rings is 1. The van der Waals surface area contributed by atoms with E-state index in [2.05, 4.69) is 10.4 Å². The summed E-state index contributed by atoms with van der Waals surface area (Å²) < 4.78 is 1.83. The van der Waals surface area contributed by atoms with Gasteiger partial charge in [0.25, 0.3) is 0 Å². The first-order chi connectivity index (χ1) is 11.5. The van der Waals surface area contributed by atoms with Crippen molar-refractivity contribution in [3.05, 3.63) is 46.8 Å². The van der Waals surface area contributed by atoms with Crippen LogP contribution in [0.3, 0.4) is 0 Å². The number of carboxylic acids is 1. The quantitative estimate of drug-likeness (QED) is 0.817. The molecule has 2 N–H and O–H groups in total. The maximum Gasteiger partial charge on any atom is 0.307 e. The van der Waals surface area contributed by atoms with Gasteiger partial charge in [0.2, 0.25) is 5.91 Å². The number of anilines is 1. The van der Waals surface area contributed by atoms with E-state index in [0.717, 1.165) is 29.8 Å². The maximum atomic E-state index is 12.5. The minimum absolute atomic E-state index is 0.121. The van der Waals surface area contributed by atoms with Gasteiger partial charge >= 0.3 is 5.97 Å². The van der Waals surface area contributed by atoms with E-state index in [1.54, 1.807) is 24.3 Å². The Hall–Kier alpha value is -2.63. The Morgan fingerprint density at radius 1 is 1.17 bits per heavy atom. The van der Waals surface area contributed by atoms with E-state index in [1.807, 2.05) is 25.6 Å². The number of hydrogen-bond donors (Lipinski definition) is 2. The summed E-state index contributed by atoms with van der Waals surface area (Å²) in [7, 11) is 1.89. The largest absolute Gasteiger partial charge is 0.481 e. The predicted molar refractivity (Wildman–Crippen MR) is 92.1 cm³/mol. The summed E-state index contributed by atoms with van der Waals surface area (Å²) in [6.45, 7) is 4.06. The monoisotopic (exact) mass is 329 g/mol. The number of carboxylic acid groups (broad SMARTS) is 1. The molecule has 0 atom stereocenters. The molecule has 6 heteroatoms. The zero-order valence-corrected chi connectivity index (χ0v) is 14.3. The maximum absolute atomic E-state index is 12.5. The van der Waals surface area contributed by atoms with Gasteiger partial charge in [-0.1, -0.05) is 32.0 Å². The van der Waals surface area contributed by atoms with Crippen molar-refractivity contribution in [3.8, 4) is 0 Å². The van der Waals surface area contributed by atoms with Gasteiger partial charge in [-0.2, -0.15) is 5.10 Å². The minimum atomic E-state index is -0.925. The summed E-state index contributed by atoms with van der Waals surface area (Å²) in [6.07, 6.45) is 1.69. The first-order valence-corrected chi connectivity index (χ1v) is 8.09. The molecule has 0 aliphatic rings. The van der Waals surface area contributed by atoms with Crippen molar-refractivity contribution in [2.75, 3.05) is 5.32 Å². The first kappa shape index (κ1) is 17.7. The van der Waals surface area contributed by atoms with Crippen molar-refractivity contribution in [2.45, 2.75) is 39.5 Å². The van der Waals surface area contributed by atoms with E-state index >= 15 is 0 Å². The number of aryl methyl sites for hydroxylation is 2. The number of aliphatic carboxylic acids is 1. The van der Waals surface area contributed by atoms with E-state index in [1.165, 1.54) is 0 Å². The summed E-state index contributed by atoms with van der Waals surface area (Å²) in [4.78, 5) is 23.4. The number of nitrogens with zero attached hydrogens (tertiary/aromatic N) is 2. The molecule has 24 heavy (non-hydrogen) atoms. The molecule has 0 fully saturated rings. The molecular formula is C18H23N3O3. The van der Waals surface area contributed by atoms with Gasteiger partial charge < -0.3 is 10.4 Å². The lowest BCUT2D eigenvalue weighted by Gasteiger charge is -2.10. The van der Waals surface area contributed by atoms with Gasteiger partial charge in [0.05, 0.1) is 18.5 Å². The van der Waals surface area contributed by atoms with E-state index in [0.29, 0.717) is 11.3 Å². The number of amides is 1. The third-order valence-corrected chi connectivity index (χ3v) is 4.00. The highest BCUT2D eigenvalue weighted by atomic mass is 16.4. The molecule has 0 aliphatic heterocycles. The lowest BCUT2D eigenvalue weighted by molar-refractivity contribution is -0.136. The van der Waals surface area contributed by atoms with Gasteiger partial charge in [-0.25, -0.2) is 0 Å². The van der Waals surface area contributed by atoms with Crippen LogP contribution in [-0.2, 0) is 42.3 Å². The van der Waals surface area contributed by atoms with Gasteiger partial charge in [0.15, 0.2) is 0 Å². The molecule has 2 rings (SSSR count). The molecule has 1 aromatic carbocycles. The third-order valence-electron chi connectivity index (χ3n) is 4.00. The van der Waals surface area contributed by atoms with Gasteiger partial charge in [-0.3, -0.25) is 14.3 Å². The Kier molecular flexibility index (Phi) is 5.73. The van der Waals surface area contributed by atoms with Crippen molar-refractivity contribution in [3.63, 3.8) is 0 Å². The summed E-state index contributed by atoms with van der Waals surface area (Å²) in [5.74, 6) is -1.09. The highest BCUT2D eigenvalue weighted by Crippen LogP contribution is 2.19. The average molecular weight is 329 g/mol. The van der Waals surface area contributed by atoms with Crippen molar-refractivity contribution in [1.29, 1.82) is 0 Å². The number of hydrogen-bond acceptors (Lipinski definition) is 3. The molecule has 128 valence electrons.